The number of carboxylic acid groups (broad SMARTS) is 4. The van der Waals surface area contributed by atoms with Gasteiger partial charge in [-0.25, -0.2) is 0 Å². The molecule has 0 aliphatic rings. The number of carbonyl (C=O) groups is 2. The Hall–Kier alpha value is 4.35. The van der Waals surface area contributed by atoms with E-state index < -0.39 is 219 Å². The van der Waals surface area contributed by atoms with Crippen LogP contribution in [0.3, 0.4) is 0 Å². The molecule has 0 N–H and O–H groups in total. The van der Waals surface area contributed by atoms with E-state index in [1.165, 1.54) is 0 Å². The number of hydrogen-bond acceptors (Lipinski definition) is 38. The maximum atomic E-state index is 12.6. The van der Waals surface area contributed by atoms with Crippen molar-refractivity contribution in [2.24, 2.45) is 0 Å². The van der Waals surface area contributed by atoms with Crippen LogP contribution in [0.4, 0.5) is 9.59 Å². The molecule has 4 radical (unpaired) electrons. The number of rotatable bonds is 24. The molecular formula is C98H216O38Si8Sm4. The largest absolute Gasteiger partial charge is 3.00 e. The van der Waals surface area contributed by atoms with Crippen molar-refractivity contribution in [3.8, 4) is 0 Å². The zero-order valence-electron chi connectivity index (χ0n) is 106. The predicted octanol–water partition coefficient (Wildman–Crippen LogP) is 12.9. The van der Waals surface area contributed by atoms with Crippen LogP contribution < -0.4 is 58.8 Å². The summed E-state index contributed by atoms with van der Waals surface area (Å²) < 4.78 is 132. The first-order valence-corrected chi connectivity index (χ1v) is 61.7. The molecule has 38 nitrogen and oxygen atoms in total. The molecule has 0 atom stereocenters. The van der Waals surface area contributed by atoms with Crippen LogP contribution in [-0.4, -0.2) is 219 Å². The molecular weight excluding hydrogens is 2610 g/mol. The monoisotopic (exact) mass is 2830 g/mol. The molecule has 0 aliphatic carbocycles. The standard InChI is InChI=1S/8C12H27O4Si.2CH2O3.4Sm/c8*1-10(2,3)14-17(13,15-11(4,5)6)16-12(7,8)9;2*2-1(3)4;;;;/h8*1-9H3;2*(H2,2,3,4);;;;/q8*-1;;;4*+3/p-4. The Morgan fingerprint density at radius 2 is 0.128 bits per heavy atom. The van der Waals surface area contributed by atoms with Crippen LogP contribution in [0, 0.1) is 162 Å². The topological polar surface area (TPSA) is 532 Å². The minimum absolute atomic E-state index is 0. The van der Waals surface area contributed by atoms with Crippen LogP contribution in [0.25, 0.3) is 0 Å². The van der Waals surface area contributed by atoms with E-state index in [1.54, 1.807) is 0 Å². The van der Waals surface area contributed by atoms with E-state index in [9.17, 15) is 38.4 Å². The minimum Gasteiger partial charge on any atom is -0.793 e. The number of hydrogen-bond donors (Lipinski definition) is 0. The fourth-order valence-electron chi connectivity index (χ4n) is 9.50. The molecule has 0 aromatic carbocycles. The molecule has 0 bridgehead atoms. The van der Waals surface area contributed by atoms with Gasteiger partial charge in [-0.1, -0.05) is 0 Å². The van der Waals surface area contributed by atoms with Crippen molar-refractivity contribution in [1.82, 2.24) is 0 Å². The van der Waals surface area contributed by atoms with Crippen molar-refractivity contribution in [3.63, 3.8) is 0 Å². The Labute approximate surface area is 1040 Å². The molecule has 0 aliphatic heterocycles. The molecule has 0 aromatic rings. The van der Waals surface area contributed by atoms with Gasteiger partial charge in [-0.05, 0) is 511 Å². The van der Waals surface area contributed by atoms with Gasteiger partial charge in [-0.2, -0.15) is 0 Å². The average Bonchev–Trinajstić information content (AvgIpc) is 0.856. The Morgan fingerprint density at radius 3 is 0.142 bits per heavy atom. The summed E-state index contributed by atoms with van der Waals surface area (Å²) in [4.78, 5) is 118. The van der Waals surface area contributed by atoms with Crippen molar-refractivity contribution >= 4 is 84.7 Å². The van der Waals surface area contributed by atoms with Crippen LogP contribution in [0.5, 0.6) is 0 Å². The second-order valence-corrected chi connectivity index (χ2v) is 70.5. The Bertz CT molecular complexity index is 2510. The van der Waals surface area contributed by atoms with Gasteiger partial charge in [-0.3, -0.25) is 0 Å². The van der Waals surface area contributed by atoms with Crippen LogP contribution in [0.15, 0.2) is 0 Å². The van der Waals surface area contributed by atoms with Gasteiger partial charge in [-0.15, -0.1) is 0 Å². The Kier molecular flexibility index (Phi) is 82.3. The summed E-state index contributed by atoms with van der Waals surface area (Å²) >= 11 is 0. The van der Waals surface area contributed by atoms with Gasteiger partial charge in [0.05, 0.1) is 134 Å². The maximum Gasteiger partial charge on any atom is 3.00 e. The molecule has 0 unspecified atom stereocenters. The minimum atomic E-state index is -3.91. The molecule has 0 saturated heterocycles. The second-order valence-electron chi connectivity index (χ2n) is 57.6. The normalized spacial score (nSPS) is 14.3. The van der Waals surface area contributed by atoms with Crippen molar-refractivity contribution in [3.05, 3.63) is 0 Å². The molecule has 0 heterocycles. The quantitative estimate of drug-likeness (QED) is 0.0810. The van der Waals surface area contributed by atoms with E-state index in [-0.39, 0.29) is 162 Å². The van der Waals surface area contributed by atoms with Gasteiger partial charge in [0.25, 0.3) is 0 Å². The van der Waals surface area contributed by atoms with Gasteiger partial charge in [0, 0.05) is 0 Å². The van der Waals surface area contributed by atoms with Gasteiger partial charge in [0.2, 0.25) is 0 Å². The zero-order valence-corrected chi connectivity index (χ0v) is 125. The van der Waals surface area contributed by atoms with Gasteiger partial charge < -0.3 is 175 Å². The second kappa shape index (κ2) is 66.8. The summed E-state index contributed by atoms with van der Waals surface area (Å²) in [7, 11) is -31.2. The Balaban J connectivity index is -0.000000114. The molecule has 0 amide bonds. The number of carbonyl (C=O) groups excluding carboxylic acids is 2. The summed E-state index contributed by atoms with van der Waals surface area (Å²) in [6.45, 7) is 131. The Morgan fingerprint density at radius 1 is 0.108 bits per heavy atom. The smallest absolute Gasteiger partial charge is 0.793 e. The summed E-state index contributed by atoms with van der Waals surface area (Å²) in [6, 6.07) is 0. The van der Waals surface area contributed by atoms with Crippen LogP contribution in [-0.2, 0) is 106 Å². The van der Waals surface area contributed by atoms with E-state index in [4.69, 9.17) is 136 Å². The fourth-order valence-corrected chi connectivity index (χ4v) is 28.5. The van der Waals surface area contributed by atoms with E-state index in [0.717, 1.165) is 0 Å². The van der Waals surface area contributed by atoms with Gasteiger partial charge in [0.15, 0.2) is 0 Å². The first-order chi connectivity index (χ1) is 60.4. The fraction of sp³-hybridized carbons (Fsp3) is 0.980. The van der Waals surface area contributed by atoms with Crippen LogP contribution in [0.1, 0.15) is 499 Å². The van der Waals surface area contributed by atoms with Crippen LogP contribution in [0.2, 0.25) is 0 Å². The summed E-state index contributed by atoms with van der Waals surface area (Å²) in [5, 5.41) is 33.3. The third-order valence-electron chi connectivity index (χ3n) is 10.3. The molecule has 0 fully saturated rings. The summed E-state index contributed by atoms with van der Waals surface area (Å²) in [5.41, 5.74) is -13.9. The van der Waals surface area contributed by atoms with Crippen molar-refractivity contribution in [2.45, 2.75) is 633 Å². The van der Waals surface area contributed by atoms with Gasteiger partial charge >= 0.3 is 234 Å². The average molecular weight is 2830 g/mol. The van der Waals surface area contributed by atoms with Gasteiger partial charge in [0.1, 0.15) is 0 Å². The van der Waals surface area contributed by atoms with Crippen molar-refractivity contribution in [2.75, 3.05) is 0 Å². The van der Waals surface area contributed by atoms with E-state index in [2.05, 4.69) is 0 Å². The molecule has 148 heavy (non-hydrogen) atoms. The third kappa shape index (κ3) is 152. The van der Waals surface area contributed by atoms with E-state index in [1.807, 2.05) is 499 Å². The third-order valence-corrected chi connectivity index (χ3v) is 31.0. The molecule has 0 saturated carbocycles. The molecule has 0 spiro atoms. The first-order valence-electron chi connectivity index (χ1n) is 48.7. The van der Waals surface area contributed by atoms with Crippen molar-refractivity contribution in [1.29, 1.82) is 0 Å². The summed E-state index contributed by atoms with van der Waals surface area (Å²) in [6.07, 6.45) is -4.67. The molecule has 892 valence electrons. The summed E-state index contributed by atoms with van der Waals surface area (Å²) in [5.74, 6) is 0. The van der Waals surface area contributed by atoms with Crippen molar-refractivity contribution < 1.29 is 336 Å². The first kappa shape index (κ1) is 182. The van der Waals surface area contributed by atoms with Crippen LogP contribution >= 0.6 is 0 Å². The van der Waals surface area contributed by atoms with E-state index in [0.29, 0.717) is 0 Å². The SMILES string of the molecule is CC(C)(C)O[Si]([O-])(OC(C)(C)C)OC(C)(C)C.CC(C)(C)O[Si]([O-])(OC(C)(C)C)OC(C)(C)C.CC(C)(C)O[Si]([O-])(OC(C)(C)C)OC(C)(C)C.CC(C)(C)O[Si]([O-])(OC(C)(C)C)OC(C)(C)C.CC(C)(C)O[Si]([O-])(OC(C)(C)C)OC(C)(C)C.CC(C)(C)O[Si]([O-])(OC(C)(C)C)OC(C)(C)C.CC(C)(C)O[Si]([O-])(OC(C)(C)C)OC(C)(C)C.CC(C)(C)O[Si]([O-])(OC(C)(C)C)OC(C)(C)C.O=C([O-])[O-].O=C([O-])[O-].[Sm+3].[Sm+3].[Sm+3].[Sm+3]. The predicted molar refractivity (Wildman–Crippen MR) is 557 cm³/mol. The van der Waals surface area contributed by atoms with E-state index >= 15 is 0 Å². The zero-order chi connectivity index (χ0) is 120. The molecule has 0 rings (SSSR count). The molecule has 0 aromatic heterocycles. The maximum absolute atomic E-state index is 12.6. The molecule has 50 heteroatoms.